The lowest BCUT2D eigenvalue weighted by Crippen LogP contribution is -2.12. The monoisotopic (exact) mass is 212 g/mol. The average Bonchev–Trinajstić information content (AvgIpc) is 2.61. The molecule has 1 rings (SSSR count). The van der Waals surface area contributed by atoms with Crippen LogP contribution in [-0.4, -0.2) is 35.7 Å². The molecule has 86 valence electrons. The number of hydrogen-bond donors (Lipinski definition) is 1. The van der Waals surface area contributed by atoms with Gasteiger partial charge < -0.3 is 15.2 Å². The molecule has 0 aliphatic heterocycles. The highest BCUT2D eigenvalue weighted by molar-refractivity contribution is 4.86. The van der Waals surface area contributed by atoms with Gasteiger partial charge in [0, 0.05) is 6.42 Å². The summed E-state index contributed by atoms with van der Waals surface area (Å²) in [6.07, 6.45) is 1.82. The summed E-state index contributed by atoms with van der Waals surface area (Å²) in [7, 11) is 3.96. The number of rotatable bonds is 6. The molecule has 5 heteroatoms. The van der Waals surface area contributed by atoms with E-state index in [0.29, 0.717) is 18.4 Å². The lowest BCUT2D eigenvalue weighted by atomic mass is 10.1. The summed E-state index contributed by atoms with van der Waals surface area (Å²) >= 11 is 0. The molecule has 1 unspecified atom stereocenters. The van der Waals surface area contributed by atoms with Crippen molar-refractivity contribution < 1.29 is 4.52 Å². The molecule has 1 heterocycles. The van der Waals surface area contributed by atoms with Gasteiger partial charge in [-0.1, -0.05) is 12.1 Å². The van der Waals surface area contributed by atoms with E-state index in [1.165, 1.54) is 0 Å². The van der Waals surface area contributed by atoms with Crippen LogP contribution >= 0.6 is 0 Å². The van der Waals surface area contributed by atoms with E-state index >= 15 is 0 Å². The van der Waals surface area contributed by atoms with Crippen LogP contribution in [0.5, 0.6) is 0 Å². The van der Waals surface area contributed by atoms with Crippen molar-refractivity contribution in [3.63, 3.8) is 0 Å². The van der Waals surface area contributed by atoms with Crippen molar-refractivity contribution in [3.05, 3.63) is 11.7 Å². The Morgan fingerprint density at radius 1 is 1.47 bits per heavy atom. The molecule has 0 saturated heterocycles. The number of aryl methyl sites for hydroxylation is 1. The summed E-state index contributed by atoms with van der Waals surface area (Å²) < 4.78 is 5.13. The third-order valence-corrected chi connectivity index (χ3v) is 2.22. The van der Waals surface area contributed by atoms with Crippen LogP contribution in [0, 0.1) is 5.92 Å². The zero-order valence-corrected chi connectivity index (χ0v) is 9.73. The first kappa shape index (κ1) is 12.1. The molecule has 0 bridgehead atoms. The van der Waals surface area contributed by atoms with Crippen molar-refractivity contribution in [2.45, 2.75) is 26.3 Å². The first-order chi connectivity index (χ1) is 7.11. The highest BCUT2D eigenvalue weighted by Crippen LogP contribution is 2.07. The van der Waals surface area contributed by atoms with E-state index in [4.69, 9.17) is 10.3 Å². The number of nitrogens with zero attached hydrogens (tertiary/aromatic N) is 3. The van der Waals surface area contributed by atoms with Gasteiger partial charge >= 0.3 is 0 Å². The van der Waals surface area contributed by atoms with Crippen molar-refractivity contribution in [3.8, 4) is 0 Å². The summed E-state index contributed by atoms with van der Waals surface area (Å²) in [4.78, 5) is 6.31. The summed E-state index contributed by atoms with van der Waals surface area (Å²) in [6, 6.07) is 0. The number of aromatic nitrogens is 2. The van der Waals surface area contributed by atoms with Crippen LogP contribution < -0.4 is 5.73 Å². The molecule has 0 saturated carbocycles. The molecule has 0 amide bonds. The molecule has 2 N–H and O–H groups in total. The fraction of sp³-hybridized carbons (Fsp3) is 0.800. The number of hydrogen-bond acceptors (Lipinski definition) is 5. The van der Waals surface area contributed by atoms with E-state index in [9.17, 15) is 0 Å². The molecule has 0 aliphatic rings. The fourth-order valence-electron chi connectivity index (χ4n) is 1.23. The second kappa shape index (κ2) is 5.82. The Morgan fingerprint density at radius 3 is 2.80 bits per heavy atom. The van der Waals surface area contributed by atoms with Gasteiger partial charge in [-0.2, -0.15) is 4.98 Å². The Hall–Kier alpha value is -0.940. The largest absolute Gasteiger partial charge is 0.339 e. The van der Waals surface area contributed by atoms with Gasteiger partial charge in [0.15, 0.2) is 5.82 Å². The second-order valence-corrected chi connectivity index (χ2v) is 4.22. The Kier molecular flexibility index (Phi) is 4.71. The molecule has 1 atom stereocenters. The van der Waals surface area contributed by atoms with Crippen LogP contribution in [0.15, 0.2) is 4.52 Å². The minimum Gasteiger partial charge on any atom is -0.339 e. The summed E-state index contributed by atoms with van der Waals surface area (Å²) in [6.45, 7) is 3.55. The minimum atomic E-state index is 0.509. The maximum absolute atomic E-state index is 5.53. The van der Waals surface area contributed by atoms with E-state index in [2.05, 4.69) is 17.1 Å². The van der Waals surface area contributed by atoms with Gasteiger partial charge in [-0.25, -0.2) is 0 Å². The molecule has 0 spiro atoms. The third-order valence-electron chi connectivity index (χ3n) is 2.22. The van der Waals surface area contributed by atoms with Gasteiger partial charge in [-0.05, 0) is 33.0 Å². The van der Waals surface area contributed by atoms with Crippen molar-refractivity contribution in [1.29, 1.82) is 0 Å². The van der Waals surface area contributed by atoms with Crippen LogP contribution in [-0.2, 0) is 13.0 Å². The lowest BCUT2D eigenvalue weighted by molar-refractivity contribution is 0.343. The van der Waals surface area contributed by atoms with Crippen molar-refractivity contribution in [1.82, 2.24) is 15.0 Å². The van der Waals surface area contributed by atoms with Gasteiger partial charge in [0.1, 0.15) is 0 Å². The van der Waals surface area contributed by atoms with Crippen LogP contribution in [0.2, 0.25) is 0 Å². The molecule has 5 nitrogen and oxygen atoms in total. The zero-order valence-electron chi connectivity index (χ0n) is 9.73. The predicted octanol–water partition coefficient (Wildman–Crippen LogP) is 0.659. The maximum Gasteiger partial charge on any atom is 0.226 e. The molecule has 0 radical (unpaired) electrons. The first-order valence-corrected chi connectivity index (χ1v) is 5.28. The van der Waals surface area contributed by atoms with E-state index in [0.717, 1.165) is 25.2 Å². The molecule has 1 aromatic rings. The van der Waals surface area contributed by atoms with Gasteiger partial charge in [0.25, 0.3) is 0 Å². The highest BCUT2D eigenvalue weighted by atomic mass is 16.5. The smallest absolute Gasteiger partial charge is 0.226 e. The third kappa shape index (κ3) is 4.40. The average molecular weight is 212 g/mol. The van der Waals surface area contributed by atoms with Gasteiger partial charge in [0.05, 0.1) is 6.54 Å². The van der Waals surface area contributed by atoms with E-state index < -0.39 is 0 Å². The molecule has 0 fully saturated rings. The SMILES string of the molecule is CC(CN)CCc1nc(CN(C)C)no1. The summed E-state index contributed by atoms with van der Waals surface area (Å²) in [5.41, 5.74) is 5.53. The molecule has 1 aromatic heterocycles. The lowest BCUT2D eigenvalue weighted by Gasteiger charge is -2.04. The van der Waals surface area contributed by atoms with Crippen LogP contribution in [0.4, 0.5) is 0 Å². The van der Waals surface area contributed by atoms with E-state index in [-0.39, 0.29) is 0 Å². The fourth-order valence-corrected chi connectivity index (χ4v) is 1.23. The van der Waals surface area contributed by atoms with Gasteiger partial charge in [-0.3, -0.25) is 0 Å². The second-order valence-electron chi connectivity index (χ2n) is 4.22. The minimum absolute atomic E-state index is 0.509. The molecule has 15 heavy (non-hydrogen) atoms. The normalized spacial score (nSPS) is 13.4. The molecular weight excluding hydrogens is 192 g/mol. The summed E-state index contributed by atoms with van der Waals surface area (Å²) in [5, 5.41) is 3.90. The van der Waals surface area contributed by atoms with Crippen molar-refractivity contribution >= 4 is 0 Å². The molecule has 0 aromatic carbocycles. The zero-order chi connectivity index (χ0) is 11.3. The Balaban J connectivity index is 2.39. The predicted molar refractivity (Wildman–Crippen MR) is 58.2 cm³/mol. The van der Waals surface area contributed by atoms with Crippen LogP contribution in [0.25, 0.3) is 0 Å². The Labute approximate surface area is 90.6 Å². The Bertz CT molecular complexity index is 285. The molecular formula is C10H20N4O. The van der Waals surface area contributed by atoms with E-state index in [1.54, 1.807) is 0 Å². The standard InChI is InChI=1S/C10H20N4O/c1-8(6-11)4-5-10-12-9(13-15-10)7-14(2)3/h8H,4-7,11H2,1-3H3. The van der Waals surface area contributed by atoms with Gasteiger partial charge in [-0.15, -0.1) is 0 Å². The van der Waals surface area contributed by atoms with Crippen molar-refractivity contribution in [2.24, 2.45) is 11.7 Å². The maximum atomic E-state index is 5.53. The van der Waals surface area contributed by atoms with Gasteiger partial charge in [0.2, 0.25) is 5.89 Å². The van der Waals surface area contributed by atoms with E-state index in [1.807, 2.05) is 19.0 Å². The van der Waals surface area contributed by atoms with Crippen LogP contribution in [0.1, 0.15) is 25.1 Å². The quantitative estimate of drug-likeness (QED) is 0.750. The first-order valence-electron chi connectivity index (χ1n) is 5.28. The van der Waals surface area contributed by atoms with Crippen molar-refractivity contribution in [2.75, 3.05) is 20.6 Å². The Morgan fingerprint density at radius 2 is 2.20 bits per heavy atom. The van der Waals surface area contributed by atoms with Crippen LogP contribution in [0.3, 0.4) is 0 Å². The number of nitrogens with two attached hydrogens (primary N) is 1. The topological polar surface area (TPSA) is 68.2 Å². The summed E-state index contributed by atoms with van der Waals surface area (Å²) in [5.74, 6) is 1.97. The molecule has 0 aliphatic carbocycles. The highest BCUT2D eigenvalue weighted by Gasteiger charge is 2.08.